The minimum atomic E-state index is -0.533. The van der Waals surface area contributed by atoms with E-state index in [1.165, 1.54) is 12.6 Å². The van der Waals surface area contributed by atoms with E-state index in [1.807, 2.05) is 4.90 Å². The van der Waals surface area contributed by atoms with Crippen LogP contribution in [0.5, 0.6) is 0 Å². The highest BCUT2D eigenvalue weighted by molar-refractivity contribution is 5.86. The number of aliphatic hydroxyl groups is 1. The fourth-order valence-corrected chi connectivity index (χ4v) is 7.10. The summed E-state index contributed by atoms with van der Waals surface area (Å²) in [6, 6.07) is 0.115. The molecule has 2 unspecified atom stereocenters. The van der Waals surface area contributed by atoms with Gasteiger partial charge < -0.3 is 21.1 Å². The number of likely N-dealkylation sites (tertiary alicyclic amines) is 1. The van der Waals surface area contributed by atoms with Crippen molar-refractivity contribution in [2.45, 2.75) is 75.1 Å². The van der Waals surface area contributed by atoms with Crippen LogP contribution in [0.2, 0.25) is 0 Å². The quantitative estimate of drug-likeness (QED) is 0.664. The summed E-state index contributed by atoms with van der Waals surface area (Å²) in [6.07, 6.45) is 9.55. The van der Waals surface area contributed by atoms with Gasteiger partial charge >= 0.3 is 0 Å². The SMILES string of the molecule is N=C[C@@H]1C[C@@H]2C[C@@H]2N1C(=O)[C@@H]([NH3+])C12C[C@@H]3C[C@@H](CC(O)(C3)C1)C2. The highest BCUT2D eigenvalue weighted by Crippen LogP contribution is 2.62. The molecule has 5 aliphatic carbocycles. The Morgan fingerprint density at radius 3 is 2.52 bits per heavy atom. The summed E-state index contributed by atoms with van der Waals surface area (Å²) in [5, 5.41) is 18.6. The molecule has 126 valence electrons. The zero-order valence-electron chi connectivity index (χ0n) is 13.7. The van der Waals surface area contributed by atoms with E-state index < -0.39 is 5.60 Å². The van der Waals surface area contributed by atoms with Crippen molar-refractivity contribution in [1.29, 1.82) is 5.41 Å². The van der Waals surface area contributed by atoms with Gasteiger partial charge in [-0.15, -0.1) is 0 Å². The van der Waals surface area contributed by atoms with E-state index in [-0.39, 0.29) is 23.4 Å². The zero-order chi connectivity index (χ0) is 16.0. The van der Waals surface area contributed by atoms with Crippen molar-refractivity contribution in [2.24, 2.45) is 23.2 Å². The Morgan fingerprint density at radius 1 is 1.22 bits per heavy atom. The lowest BCUT2D eigenvalue weighted by Crippen LogP contribution is -2.78. The molecule has 6 rings (SSSR count). The largest absolute Gasteiger partial charge is 0.390 e. The number of carbonyl (C=O) groups excluding carboxylic acids is 1. The van der Waals surface area contributed by atoms with Crippen LogP contribution in [-0.4, -0.2) is 45.9 Å². The predicted molar refractivity (Wildman–Crippen MR) is 84.7 cm³/mol. The zero-order valence-corrected chi connectivity index (χ0v) is 13.7. The fourth-order valence-electron chi connectivity index (χ4n) is 7.10. The number of hydrogen-bond donors (Lipinski definition) is 3. The van der Waals surface area contributed by atoms with E-state index in [0.717, 1.165) is 44.9 Å². The summed E-state index contributed by atoms with van der Waals surface area (Å²) in [4.78, 5) is 15.2. The lowest BCUT2D eigenvalue weighted by molar-refractivity contribution is -0.445. The number of piperidine rings is 1. The minimum Gasteiger partial charge on any atom is -0.390 e. The number of fused-ring (bicyclic) bond motifs is 1. The third kappa shape index (κ3) is 1.92. The molecule has 6 aliphatic rings. The molecule has 0 aromatic heterocycles. The molecule has 1 aliphatic heterocycles. The fraction of sp³-hybridized carbons (Fsp3) is 0.889. The molecular weight excluding hydrogens is 290 g/mol. The Bertz CT molecular complexity index is 563. The molecule has 5 N–H and O–H groups in total. The van der Waals surface area contributed by atoms with E-state index in [2.05, 4.69) is 5.73 Å². The molecule has 0 radical (unpaired) electrons. The molecule has 0 spiro atoms. The monoisotopic (exact) mass is 318 g/mol. The van der Waals surface area contributed by atoms with Crippen molar-refractivity contribution in [1.82, 2.24) is 4.90 Å². The third-order valence-electron chi connectivity index (χ3n) is 7.70. The van der Waals surface area contributed by atoms with Gasteiger partial charge in [0.1, 0.15) is 0 Å². The normalized spacial score (nSPS) is 54.0. The molecule has 4 bridgehead atoms. The van der Waals surface area contributed by atoms with Crippen LogP contribution in [0.3, 0.4) is 0 Å². The standard InChI is InChI=1S/C18H27N3O2/c19-8-13-2-12-3-14(12)21(13)16(22)15(20)17-4-10-1-11(5-17)7-18(23,6-10)9-17/h8,10-15,19,23H,1-7,9,20H2/p+1/t10-,11+,12-,13+,14+,15-,17?,18?/m1/s1. The smallest absolute Gasteiger partial charge is 0.282 e. The number of carbonyl (C=O) groups is 1. The first-order valence-electron chi connectivity index (χ1n) is 9.31. The van der Waals surface area contributed by atoms with Gasteiger partial charge in [0, 0.05) is 17.7 Å². The predicted octanol–water partition coefficient (Wildman–Crippen LogP) is 0.567. The van der Waals surface area contributed by atoms with Gasteiger partial charge in [0.25, 0.3) is 5.91 Å². The maximum atomic E-state index is 13.3. The maximum absolute atomic E-state index is 13.3. The molecular formula is C18H28N3O2+. The molecule has 1 saturated heterocycles. The second-order valence-corrected chi connectivity index (χ2v) is 9.38. The Morgan fingerprint density at radius 2 is 1.91 bits per heavy atom. The lowest BCUT2D eigenvalue weighted by atomic mass is 9.46. The van der Waals surface area contributed by atoms with Gasteiger partial charge in [-0.3, -0.25) is 4.79 Å². The van der Waals surface area contributed by atoms with Crippen LogP contribution in [0.25, 0.3) is 0 Å². The summed E-state index contributed by atoms with van der Waals surface area (Å²) in [5.74, 6) is 1.96. The van der Waals surface area contributed by atoms with Gasteiger partial charge in [0.2, 0.25) is 0 Å². The average molecular weight is 318 g/mol. The summed E-state index contributed by atoms with van der Waals surface area (Å²) in [5.41, 5.74) is 3.73. The van der Waals surface area contributed by atoms with E-state index >= 15 is 0 Å². The number of hydrogen-bond acceptors (Lipinski definition) is 3. The molecule has 0 aromatic carbocycles. The van der Waals surface area contributed by atoms with Crippen LogP contribution in [-0.2, 0) is 4.79 Å². The van der Waals surface area contributed by atoms with Crippen LogP contribution in [0, 0.1) is 28.6 Å². The highest BCUT2D eigenvalue weighted by atomic mass is 16.3. The van der Waals surface area contributed by atoms with E-state index in [4.69, 9.17) is 5.41 Å². The third-order valence-corrected chi connectivity index (χ3v) is 7.70. The van der Waals surface area contributed by atoms with Gasteiger partial charge in [-0.05, 0) is 69.1 Å². The lowest BCUT2D eigenvalue weighted by Gasteiger charge is -2.60. The van der Waals surface area contributed by atoms with Gasteiger partial charge in [0.15, 0.2) is 6.04 Å². The molecule has 5 nitrogen and oxygen atoms in total. The van der Waals surface area contributed by atoms with E-state index in [1.54, 1.807) is 0 Å². The van der Waals surface area contributed by atoms with Gasteiger partial charge in [-0.25, -0.2) is 0 Å². The molecule has 23 heavy (non-hydrogen) atoms. The highest BCUT2D eigenvalue weighted by Gasteiger charge is 2.64. The second-order valence-electron chi connectivity index (χ2n) is 9.38. The van der Waals surface area contributed by atoms with Crippen molar-refractivity contribution >= 4 is 12.1 Å². The van der Waals surface area contributed by atoms with Crippen LogP contribution in [0.1, 0.15) is 51.4 Å². The maximum Gasteiger partial charge on any atom is 0.282 e. The van der Waals surface area contributed by atoms with Crippen molar-refractivity contribution < 1.29 is 15.6 Å². The molecule has 5 heteroatoms. The second kappa shape index (κ2) is 4.37. The first-order valence-corrected chi connectivity index (χ1v) is 9.31. The number of quaternary nitrogens is 1. The van der Waals surface area contributed by atoms with Crippen LogP contribution in [0.15, 0.2) is 0 Å². The van der Waals surface area contributed by atoms with Crippen molar-refractivity contribution in [2.75, 3.05) is 0 Å². The van der Waals surface area contributed by atoms with E-state index in [9.17, 15) is 9.90 Å². The first kappa shape index (κ1) is 14.4. The van der Waals surface area contributed by atoms with Crippen molar-refractivity contribution in [3.8, 4) is 0 Å². The Kier molecular flexibility index (Phi) is 2.73. The molecule has 0 aromatic rings. The van der Waals surface area contributed by atoms with Gasteiger partial charge in [-0.2, -0.15) is 0 Å². The molecule has 8 atom stereocenters. The summed E-state index contributed by atoms with van der Waals surface area (Å²) < 4.78 is 0. The van der Waals surface area contributed by atoms with Gasteiger partial charge in [0.05, 0.1) is 11.6 Å². The van der Waals surface area contributed by atoms with Crippen LogP contribution < -0.4 is 5.73 Å². The summed E-state index contributed by atoms with van der Waals surface area (Å²) in [6.45, 7) is 0. The molecule has 1 heterocycles. The number of nitrogens with one attached hydrogen (secondary N) is 1. The minimum absolute atomic E-state index is 0.00695. The topological polar surface area (TPSA) is 92.0 Å². The van der Waals surface area contributed by atoms with Crippen molar-refractivity contribution in [3.05, 3.63) is 0 Å². The Balaban J connectivity index is 1.43. The number of rotatable bonds is 3. The summed E-state index contributed by atoms with van der Waals surface area (Å²) >= 11 is 0. The Hall–Kier alpha value is -0.940. The molecule has 5 saturated carbocycles. The van der Waals surface area contributed by atoms with E-state index in [0.29, 0.717) is 23.8 Å². The molecule has 6 fully saturated rings. The Labute approximate surface area is 137 Å². The summed E-state index contributed by atoms with van der Waals surface area (Å²) in [7, 11) is 0. The number of nitrogens with zero attached hydrogens (tertiary/aromatic N) is 1. The van der Waals surface area contributed by atoms with Crippen LogP contribution >= 0.6 is 0 Å². The average Bonchev–Trinajstić information content (AvgIpc) is 3.14. The van der Waals surface area contributed by atoms with Gasteiger partial charge in [-0.1, -0.05) is 0 Å². The first-order chi connectivity index (χ1) is 10.9. The van der Waals surface area contributed by atoms with Crippen molar-refractivity contribution in [3.63, 3.8) is 0 Å². The van der Waals surface area contributed by atoms with Crippen LogP contribution in [0.4, 0.5) is 0 Å². The number of amides is 1. The molecule has 1 amide bonds.